The second kappa shape index (κ2) is 7.55. The van der Waals surface area contributed by atoms with Crippen molar-refractivity contribution in [3.8, 4) is 0 Å². The molecule has 0 rings (SSSR count). The monoisotopic (exact) mass is 260 g/mol. The van der Waals surface area contributed by atoms with E-state index in [1.165, 1.54) is 0 Å². The Labute approximate surface area is 95.9 Å². The molecule has 0 spiro atoms. The van der Waals surface area contributed by atoms with Crippen LogP contribution in [0.1, 0.15) is 25.7 Å². The van der Waals surface area contributed by atoms with Gasteiger partial charge in [0, 0.05) is 0 Å². The lowest BCUT2D eigenvalue weighted by molar-refractivity contribution is 0.168. The van der Waals surface area contributed by atoms with Gasteiger partial charge in [0.15, 0.2) is 7.38 Å². The summed E-state index contributed by atoms with van der Waals surface area (Å²) in [5, 5.41) is 0. The van der Waals surface area contributed by atoms with Crippen molar-refractivity contribution < 1.29 is 13.2 Å². The summed E-state index contributed by atoms with van der Waals surface area (Å²) in [7, 11) is -2.04. The summed E-state index contributed by atoms with van der Waals surface area (Å²) in [4.78, 5) is 0. The van der Waals surface area contributed by atoms with Gasteiger partial charge in [0.2, 0.25) is 0 Å². The van der Waals surface area contributed by atoms with E-state index in [1.807, 2.05) is 0 Å². The molecule has 0 amide bonds. The van der Waals surface area contributed by atoms with Gasteiger partial charge in [-0.1, -0.05) is 25.9 Å². The highest BCUT2D eigenvalue weighted by Crippen LogP contribution is 2.24. The molecule has 0 aliphatic carbocycles. The summed E-state index contributed by atoms with van der Waals surface area (Å²) in [5.41, 5.74) is 0. The highest BCUT2D eigenvalue weighted by Gasteiger charge is 2.28. The molecule has 0 heterocycles. The lowest BCUT2D eigenvalue weighted by Gasteiger charge is -2.19. The first-order valence-corrected chi connectivity index (χ1v) is 9.62. The summed E-state index contributed by atoms with van der Waals surface area (Å²) < 4.78 is 38.3. The number of hydrogen-bond donors (Lipinski definition) is 0. The molecule has 0 aromatic rings. The highest BCUT2D eigenvalue weighted by atomic mass is 35.6. The van der Waals surface area contributed by atoms with Crippen LogP contribution in [-0.4, -0.2) is 26.4 Å². The molecule has 0 aromatic carbocycles. The largest absolute Gasteiger partial charge is 0.251 e. The third-order valence-electron chi connectivity index (χ3n) is 2.19. The molecule has 0 radical (unpaired) electrons. The fraction of sp³-hybridized carbons (Fsp3) is 1.00. The van der Waals surface area contributed by atoms with Gasteiger partial charge < -0.3 is 0 Å². The van der Waals surface area contributed by atoms with Gasteiger partial charge in [0.1, 0.15) is 12.3 Å². The van der Waals surface area contributed by atoms with Crippen LogP contribution in [-0.2, 0) is 0 Å². The fourth-order valence-electron chi connectivity index (χ4n) is 1.38. The molecule has 0 fully saturated rings. The van der Waals surface area contributed by atoms with Crippen LogP contribution in [0.15, 0.2) is 0 Å². The molecule has 92 valence electrons. The molecule has 0 N–H and O–H groups in total. The molecule has 0 saturated carbocycles. The minimum Gasteiger partial charge on any atom is -0.251 e. The molecule has 0 saturated heterocycles. The van der Waals surface area contributed by atoms with Crippen molar-refractivity contribution >= 4 is 18.5 Å². The zero-order valence-electron chi connectivity index (χ0n) is 9.41. The predicted octanol–water partition coefficient (Wildman–Crippen LogP) is 4.64. The minimum absolute atomic E-state index is 0.152. The number of hydrogen-bond acceptors (Lipinski definition) is 0. The third kappa shape index (κ3) is 9.24. The van der Waals surface area contributed by atoms with Gasteiger partial charge in [0.05, 0.1) is 6.67 Å². The van der Waals surface area contributed by atoms with Crippen molar-refractivity contribution in [2.24, 2.45) is 0 Å². The van der Waals surface area contributed by atoms with Gasteiger partial charge in [-0.05, 0) is 18.9 Å². The van der Waals surface area contributed by atoms with Crippen molar-refractivity contribution in [3.63, 3.8) is 0 Å². The molecule has 2 unspecified atom stereocenters. The molecule has 5 heteroatoms. The van der Waals surface area contributed by atoms with E-state index in [1.54, 1.807) is 13.1 Å². The fourth-order valence-corrected chi connectivity index (χ4v) is 3.01. The van der Waals surface area contributed by atoms with E-state index in [0.29, 0.717) is 19.3 Å². The van der Waals surface area contributed by atoms with Gasteiger partial charge in [-0.3, -0.25) is 4.39 Å². The van der Waals surface area contributed by atoms with Crippen molar-refractivity contribution in [1.82, 2.24) is 0 Å². The van der Waals surface area contributed by atoms with Crippen LogP contribution in [0.25, 0.3) is 0 Å². The number of alkyl halides is 3. The SMILES string of the molecule is C[Si](C)(Cl)CC(F)C(F)CCCCCF. The highest BCUT2D eigenvalue weighted by molar-refractivity contribution is 7.19. The van der Waals surface area contributed by atoms with E-state index in [4.69, 9.17) is 11.1 Å². The Kier molecular flexibility index (Phi) is 7.70. The van der Waals surface area contributed by atoms with Crippen LogP contribution in [0.4, 0.5) is 13.2 Å². The Morgan fingerprint density at radius 3 is 2.13 bits per heavy atom. The lowest BCUT2D eigenvalue weighted by Crippen LogP contribution is -2.28. The summed E-state index contributed by atoms with van der Waals surface area (Å²) in [6.07, 6.45) is -1.08. The Balaban J connectivity index is 3.65. The maximum Gasteiger partial charge on any atom is 0.153 e. The van der Waals surface area contributed by atoms with E-state index < -0.39 is 19.7 Å². The normalized spacial score (nSPS) is 16.4. The zero-order valence-corrected chi connectivity index (χ0v) is 11.2. The molecule has 0 aliphatic heterocycles. The lowest BCUT2D eigenvalue weighted by atomic mass is 10.1. The van der Waals surface area contributed by atoms with Gasteiger partial charge >= 0.3 is 0 Å². The van der Waals surface area contributed by atoms with Gasteiger partial charge in [-0.15, -0.1) is 0 Å². The van der Waals surface area contributed by atoms with E-state index in [-0.39, 0.29) is 19.1 Å². The smallest absolute Gasteiger partial charge is 0.153 e. The first kappa shape index (κ1) is 15.3. The van der Waals surface area contributed by atoms with Crippen molar-refractivity contribution in [2.75, 3.05) is 6.67 Å². The first-order valence-electron chi connectivity index (χ1n) is 5.40. The van der Waals surface area contributed by atoms with Crippen LogP contribution < -0.4 is 0 Å². The number of halogens is 4. The van der Waals surface area contributed by atoms with Crippen molar-refractivity contribution in [1.29, 1.82) is 0 Å². The van der Waals surface area contributed by atoms with Crippen LogP contribution in [0.3, 0.4) is 0 Å². The molecule has 15 heavy (non-hydrogen) atoms. The van der Waals surface area contributed by atoms with E-state index in [2.05, 4.69) is 0 Å². The topological polar surface area (TPSA) is 0 Å². The van der Waals surface area contributed by atoms with Crippen molar-refractivity contribution in [2.45, 2.75) is 57.2 Å². The quantitative estimate of drug-likeness (QED) is 0.339. The van der Waals surface area contributed by atoms with Gasteiger partial charge in [0.25, 0.3) is 0 Å². The Bertz CT molecular complexity index is 161. The predicted molar refractivity (Wildman–Crippen MR) is 62.4 cm³/mol. The third-order valence-corrected chi connectivity index (χ3v) is 4.01. The van der Waals surface area contributed by atoms with Gasteiger partial charge in [-0.25, -0.2) is 8.78 Å². The second-order valence-electron chi connectivity index (χ2n) is 4.49. The van der Waals surface area contributed by atoms with E-state index >= 15 is 0 Å². The molecule has 0 aliphatic rings. The maximum absolute atomic E-state index is 13.3. The molecule has 0 bridgehead atoms. The Morgan fingerprint density at radius 2 is 1.67 bits per heavy atom. The van der Waals surface area contributed by atoms with Crippen LogP contribution in [0.2, 0.25) is 19.1 Å². The van der Waals surface area contributed by atoms with E-state index in [0.717, 1.165) is 0 Å². The molecule has 2 atom stereocenters. The number of unbranched alkanes of at least 4 members (excludes halogenated alkanes) is 2. The maximum atomic E-state index is 13.3. The average molecular weight is 261 g/mol. The Morgan fingerprint density at radius 1 is 1.07 bits per heavy atom. The zero-order chi connectivity index (χ0) is 11.9. The van der Waals surface area contributed by atoms with Crippen LogP contribution >= 0.6 is 11.1 Å². The molecular weight excluding hydrogens is 241 g/mol. The van der Waals surface area contributed by atoms with Crippen LogP contribution in [0.5, 0.6) is 0 Å². The molecular formula is C10H20ClF3Si. The Hall–Kier alpha value is 0.297. The van der Waals surface area contributed by atoms with Crippen LogP contribution in [0, 0.1) is 0 Å². The second-order valence-corrected chi connectivity index (χ2v) is 11.4. The summed E-state index contributed by atoms with van der Waals surface area (Å²) in [6, 6.07) is 0.152. The summed E-state index contributed by atoms with van der Waals surface area (Å²) in [5.74, 6) is 0. The summed E-state index contributed by atoms with van der Waals surface area (Å²) in [6.45, 7) is 3.23. The average Bonchev–Trinajstić information content (AvgIpc) is 2.09. The number of rotatable bonds is 8. The minimum atomic E-state index is -2.04. The first-order chi connectivity index (χ1) is 6.87. The summed E-state index contributed by atoms with van der Waals surface area (Å²) >= 11 is 5.94. The molecule has 0 nitrogen and oxygen atoms in total. The molecule has 0 aromatic heterocycles. The van der Waals surface area contributed by atoms with Gasteiger partial charge in [-0.2, -0.15) is 11.1 Å². The van der Waals surface area contributed by atoms with Crippen molar-refractivity contribution in [3.05, 3.63) is 0 Å². The standard InChI is InChI=1S/C10H20ClF3Si/c1-15(2,11)8-10(14)9(13)6-4-3-5-7-12/h9-10H,3-8H2,1-2H3. The van der Waals surface area contributed by atoms with E-state index in [9.17, 15) is 13.2 Å².